The van der Waals surface area contributed by atoms with Gasteiger partial charge in [0.2, 0.25) is 0 Å². The average molecular weight is 127 g/mol. The van der Waals surface area contributed by atoms with Crippen molar-refractivity contribution in [2.45, 2.75) is 0 Å². The number of hydrazine groups is 1. The molecule has 0 aromatic rings. The van der Waals surface area contributed by atoms with Crippen LogP contribution < -0.4 is 5.43 Å². The molecular weight excluding hydrogens is 122 g/mol. The highest BCUT2D eigenvalue weighted by atomic mass is 32.2. The Hall–Kier alpha value is -0.660. The molecule has 1 aliphatic rings. The van der Waals surface area contributed by atoms with Crippen molar-refractivity contribution in [2.24, 2.45) is 0 Å². The van der Waals surface area contributed by atoms with Gasteiger partial charge < -0.3 is 5.43 Å². The van der Waals surface area contributed by atoms with Crippen LogP contribution in [-0.2, 0) is 0 Å². The zero-order valence-electron chi connectivity index (χ0n) is 4.16. The van der Waals surface area contributed by atoms with Crippen LogP contribution in [0.25, 0.3) is 0 Å². The minimum absolute atomic E-state index is 0.414. The third-order valence-corrected chi connectivity index (χ3v) is 1.44. The summed E-state index contributed by atoms with van der Waals surface area (Å²) in [6.07, 6.45) is 1.79. The van der Waals surface area contributed by atoms with E-state index in [9.17, 15) is 0 Å². The Morgan fingerprint density at radius 3 is 3.25 bits per heavy atom. The van der Waals surface area contributed by atoms with E-state index in [0.29, 0.717) is 6.54 Å². The van der Waals surface area contributed by atoms with E-state index in [1.807, 2.05) is 11.5 Å². The number of nitrogens with one attached hydrogen (secondary N) is 1. The van der Waals surface area contributed by atoms with E-state index >= 15 is 0 Å². The minimum Gasteiger partial charge on any atom is -0.315 e. The van der Waals surface area contributed by atoms with Crippen molar-refractivity contribution in [1.82, 2.24) is 9.84 Å². The van der Waals surface area contributed by atoms with Gasteiger partial charge in [0, 0.05) is 11.6 Å². The standard InChI is InChI=1S/C4H5N3S/c5-1-3-7-6-2-4-8-7/h2,4,6H,3H2. The third kappa shape index (κ3) is 1.15. The molecule has 0 aromatic carbocycles. The van der Waals surface area contributed by atoms with E-state index in [1.165, 1.54) is 11.9 Å². The highest BCUT2D eigenvalue weighted by molar-refractivity contribution is 8.00. The Morgan fingerprint density at radius 1 is 1.88 bits per heavy atom. The molecule has 0 bridgehead atoms. The van der Waals surface area contributed by atoms with E-state index < -0.39 is 0 Å². The molecule has 8 heavy (non-hydrogen) atoms. The second-order valence-corrected chi connectivity index (χ2v) is 2.16. The summed E-state index contributed by atoms with van der Waals surface area (Å²) in [6.45, 7) is 0.414. The van der Waals surface area contributed by atoms with Crippen LogP contribution >= 0.6 is 11.9 Å². The normalized spacial score (nSPS) is 17.9. The van der Waals surface area contributed by atoms with Crippen LogP contribution in [0.1, 0.15) is 0 Å². The summed E-state index contributed by atoms with van der Waals surface area (Å²) in [5.41, 5.74) is 2.85. The Labute approximate surface area is 52.1 Å². The first kappa shape index (κ1) is 5.48. The zero-order valence-corrected chi connectivity index (χ0v) is 4.98. The predicted molar refractivity (Wildman–Crippen MR) is 32.2 cm³/mol. The van der Waals surface area contributed by atoms with Crippen molar-refractivity contribution in [3.63, 3.8) is 0 Å². The molecule has 0 fully saturated rings. The Morgan fingerprint density at radius 2 is 2.75 bits per heavy atom. The van der Waals surface area contributed by atoms with Gasteiger partial charge in [-0.05, 0) is 11.9 Å². The van der Waals surface area contributed by atoms with Crippen molar-refractivity contribution in [3.05, 3.63) is 11.6 Å². The molecule has 1 aliphatic heterocycles. The fraction of sp³-hybridized carbons (Fsp3) is 0.250. The largest absolute Gasteiger partial charge is 0.315 e. The smallest absolute Gasteiger partial charge is 0.117 e. The van der Waals surface area contributed by atoms with E-state index in [1.54, 1.807) is 10.6 Å². The molecule has 42 valence electrons. The predicted octanol–water partition coefficient (Wildman–Crippen LogP) is 0.450. The number of hydrogen-bond acceptors (Lipinski definition) is 4. The fourth-order valence-electron chi connectivity index (χ4n) is 0.395. The molecule has 0 radical (unpaired) electrons. The Bertz CT molecular complexity index is 129. The minimum atomic E-state index is 0.414. The van der Waals surface area contributed by atoms with E-state index in [4.69, 9.17) is 5.26 Å². The first-order valence-corrected chi connectivity index (χ1v) is 2.99. The number of rotatable bonds is 1. The number of nitriles is 1. The lowest BCUT2D eigenvalue weighted by Gasteiger charge is -2.06. The quantitative estimate of drug-likeness (QED) is 0.410. The molecule has 4 heteroatoms. The average Bonchev–Trinajstić information content (AvgIpc) is 2.19. The second kappa shape index (κ2) is 2.60. The molecular formula is C4H5N3S. The van der Waals surface area contributed by atoms with Crippen LogP contribution in [0.15, 0.2) is 11.6 Å². The van der Waals surface area contributed by atoms with Gasteiger partial charge >= 0.3 is 0 Å². The number of hydrogen-bond donors (Lipinski definition) is 1. The SMILES string of the molecule is N#CCN1NC=CS1. The van der Waals surface area contributed by atoms with Gasteiger partial charge in [-0.15, -0.1) is 4.41 Å². The van der Waals surface area contributed by atoms with E-state index in [2.05, 4.69) is 5.43 Å². The van der Waals surface area contributed by atoms with Crippen molar-refractivity contribution >= 4 is 11.9 Å². The van der Waals surface area contributed by atoms with Gasteiger partial charge in [0.05, 0.1) is 6.07 Å². The molecule has 3 nitrogen and oxygen atoms in total. The molecule has 1 rings (SSSR count). The number of nitrogens with zero attached hydrogens (tertiary/aromatic N) is 2. The zero-order chi connectivity index (χ0) is 5.82. The summed E-state index contributed by atoms with van der Waals surface area (Å²) in [5.74, 6) is 0. The molecule has 0 aliphatic carbocycles. The maximum absolute atomic E-state index is 8.15. The van der Waals surface area contributed by atoms with Crippen LogP contribution in [0.5, 0.6) is 0 Å². The third-order valence-electron chi connectivity index (χ3n) is 0.689. The molecule has 0 saturated carbocycles. The van der Waals surface area contributed by atoms with Crippen molar-refractivity contribution in [2.75, 3.05) is 6.54 Å². The summed E-state index contributed by atoms with van der Waals surface area (Å²) in [5, 5.41) is 10.0. The van der Waals surface area contributed by atoms with Gasteiger partial charge in [0.25, 0.3) is 0 Å². The Kier molecular flexibility index (Phi) is 1.78. The maximum Gasteiger partial charge on any atom is 0.117 e. The molecule has 0 amide bonds. The lowest BCUT2D eigenvalue weighted by atomic mass is 10.8. The molecule has 1 heterocycles. The summed E-state index contributed by atoms with van der Waals surface area (Å²) in [7, 11) is 0. The summed E-state index contributed by atoms with van der Waals surface area (Å²) >= 11 is 1.49. The molecule has 0 saturated heterocycles. The highest BCUT2D eigenvalue weighted by Crippen LogP contribution is 2.11. The second-order valence-electron chi connectivity index (χ2n) is 1.23. The van der Waals surface area contributed by atoms with Gasteiger partial charge in [-0.2, -0.15) is 5.26 Å². The van der Waals surface area contributed by atoms with Crippen molar-refractivity contribution in [1.29, 1.82) is 5.26 Å². The van der Waals surface area contributed by atoms with Crippen molar-refractivity contribution < 1.29 is 0 Å². The molecule has 0 atom stereocenters. The molecule has 0 spiro atoms. The summed E-state index contributed by atoms with van der Waals surface area (Å²) in [4.78, 5) is 0. The maximum atomic E-state index is 8.15. The van der Waals surface area contributed by atoms with E-state index in [-0.39, 0.29) is 0 Å². The van der Waals surface area contributed by atoms with Crippen LogP contribution in [0, 0.1) is 11.3 Å². The first-order valence-electron chi connectivity index (χ1n) is 2.16. The van der Waals surface area contributed by atoms with Crippen LogP contribution in [-0.4, -0.2) is 11.0 Å². The lowest BCUT2D eigenvalue weighted by molar-refractivity contribution is 0.466. The fourth-order valence-corrected chi connectivity index (χ4v) is 0.918. The summed E-state index contributed by atoms with van der Waals surface area (Å²) < 4.78 is 1.74. The van der Waals surface area contributed by atoms with Gasteiger partial charge in [0.1, 0.15) is 6.54 Å². The van der Waals surface area contributed by atoms with Gasteiger partial charge in [-0.25, -0.2) is 0 Å². The lowest BCUT2D eigenvalue weighted by Crippen LogP contribution is -2.23. The van der Waals surface area contributed by atoms with Crippen molar-refractivity contribution in [3.8, 4) is 6.07 Å². The van der Waals surface area contributed by atoms with Crippen LogP contribution in [0.2, 0.25) is 0 Å². The van der Waals surface area contributed by atoms with E-state index in [0.717, 1.165) is 0 Å². The summed E-state index contributed by atoms with van der Waals surface area (Å²) in [6, 6.07) is 2.01. The molecule has 0 unspecified atom stereocenters. The monoisotopic (exact) mass is 127 g/mol. The Balaban J connectivity index is 2.22. The first-order chi connectivity index (χ1) is 3.93. The van der Waals surface area contributed by atoms with Gasteiger partial charge in [0.15, 0.2) is 0 Å². The van der Waals surface area contributed by atoms with Crippen LogP contribution in [0.3, 0.4) is 0 Å². The molecule has 0 aromatic heterocycles. The topological polar surface area (TPSA) is 39.1 Å². The van der Waals surface area contributed by atoms with Crippen LogP contribution in [0.4, 0.5) is 0 Å². The van der Waals surface area contributed by atoms with Gasteiger partial charge in [-0.3, -0.25) is 0 Å². The molecule has 1 N–H and O–H groups in total. The highest BCUT2D eigenvalue weighted by Gasteiger charge is 2.02. The van der Waals surface area contributed by atoms with Gasteiger partial charge in [-0.1, -0.05) is 0 Å².